The molecule has 5 heteroatoms. The summed E-state index contributed by atoms with van der Waals surface area (Å²) in [5.41, 5.74) is 8.53. The third-order valence-corrected chi connectivity index (χ3v) is 4.11. The Morgan fingerprint density at radius 3 is 2.94 bits per heavy atom. The van der Waals surface area contributed by atoms with Gasteiger partial charge in [0.05, 0.1) is 6.61 Å². The molecule has 0 radical (unpaired) electrons. The van der Waals surface area contributed by atoms with Crippen molar-refractivity contribution in [3.63, 3.8) is 0 Å². The van der Waals surface area contributed by atoms with E-state index in [4.69, 9.17) is 15.2 Å². The molecule has 1 saturated heterocycles. The summed E-state index contributed by atoms with van der Waals surface area (Å²) in [4.78, 5) is 0. The Balaban J connectivity index is 2.08. The first-order chi connectivity index (χ1) is 8.56. The summed E-state index contributed by atoms with van der Waals surface area (Å²) in [7, 11) is 1.74. The number of hydrogen-bond donors (Lipinski definition) is 2. The summed E-state index contributed by atoms with van der Waals surface area (Å²) >= 11 is 3.52. The van der Waals surface area contributed by atoms with Crippen LogP contribution in [0, 0.1) is 6.92 Å². The van der Waals surface area contributed by atoms with E-state index in [9.17, 15) is 0 Å². The summed E-state index contributed by atoms with van der Waals surface area (Å²) in [5.74, 6) is 0. The molecule has 3 N–H and O–H groups in total. The number of hydrogen-bond acceptors (Lipinski definition) is 4. The van der Waals surface area contributed by atoms with Crippen LogP contribution < -0.4 is 11.1 Å². The van der Waals surface area contributed by atoms with Crippen LogP contribution in [0.4, 0.5) is 11.4 Å². The van der Waals surface area contributed by atoms with Crippen molar-refractivity contribution in [2.75, 3.05) is 37.9 Å². The van der Waals surface area contributed by atoms with Crippen LogP contribution in [-0.2, 0) is 9.47 Å². The van der Waals surface area contributed by atoms with Crippen LogP contribution in [0.25, 0.3) is 0 Å². The van der Waals surface area contributed by atoms with Gasteiger partial charge >= 0.3 is 0 Å². The topological polar surface area (TPSA) is 56.5 Å². The van der Waals surface area contributed by atoms with Gasteiger partial charge in [-0.3, -0.25) is 0 Å². The maximum Gasteiger partial charge on any atom is 0.110 e. The lowest BCUT2D eigenvalue weighted by Gasteiger charge is -2.27. The predicted molar refractivity (Wildman–Crippen MR) is 77.0 cm³/mol. The van der Waals surface area contributed by atoms with Crippen LogP contribution >= 0.6 is 15.9 Å². The zero-order chi connectivity index (χ0) is 13.2. The Hall–Kier alpha value is -0.780. The molecule has 1 atom stereocenters. The Kier molecular flexibility index (Phi) is 4.14. The quantitative estimate of drug-likeness (QED) is 0.839. The normalized spacial score (nSPS) is 23.3. The molecule has 1 aromatic carbocycles. The second kappa shape index (κ2) is 5.47. The van der Waals surface area contributed by atoms with Gasteiger partial charge in [0, 0.05) is 42.5 Å². The lowest BCUT2D eigenvalue weighted by molar-refractivity contribution is -0.00620. The number of benzene rings is 1. The highest BCUT2D eigenvalue weighted by molar-refractivity contribution is 9.10. The first-order valence-corrected chi connectivity index (χ1v) is 6.78. The van der Waals surface area contributed by atoms with E-state index in [1.165, 1.54) is 0 Å². The van der Waals surface area contributed by atoms with Crippen molar-refractivity contribution in [2.45, 2.75) is 18.9 Å². The van der Waals surface area contributed by atoms with Crippen molar-refractivity contribution >= 4 is 27.3 Å². The van der Waals surface area contributed by atoms with E-state index >= 15 is 0 Å². The molecule has 0 aromatic heterocycles. The summed E-state index contributed by atoms with van der Waals surface area (Å²) in [6.45, 7) is 4.13. The average Bonchev–Trinajstić information content (AvgIpc) is 2.82. The minimum Gasteiger partial charge on any atom is -0.398 e. The molecule has 1 aromatic rings. The molecule has 1 heterocycles. The van der Waals surface area contributed by atoms with E-state index in [0.717, 1.165) is 41.0 Å². The number of ether oxygens (including phenoxy) is 2. The van der Waals surface area contributed by atoms with E-state index < -0.39 is 0 Å². The smallest absolute Gasteiger partial charge is 0.110 e. The Labute approximate surface area is 116 Å². The van der Waals surface area contributed by atoms with Gasteiger partial charge in [0.1, 0.15) is 5.60 Å². The number of anilines is 2. The molecule has 0 bridgehead atoms. The fourth-order valence-corrected chi connectivity index (χ4v) is 2.55. The molecule has 1 fully saturated rings. The number of halogens is 1. The van der Waals surface area contributed by atoms with Crippen LogP contribution in [0.5, 0.6) is 0 Å². The summed E-state index contributed by atoms with van der Waals surface area (Å²) < 4.78 is 12.0. The molecule has 4 nitrogen and oxygen atoms in total. The van der Waals surface area contributed by atoms with E-state index in [0.29, 0.717) is 6.61 Å². The lowest BCUT2D eigenvalue weighted by atomic mass is 10.0. The van der Waals surface area contributed by atoms with Crippen LogP contribution in [0.1, 0.15) is 12.0 Å². The van der Waals surface area contributed by atoms with Gasteiger partial charge in [-0.25, -0.2) is 0 Å². The standard InChI is InChI=1S/C13H19BrN2O2/c1-9-5-12(10(14)6-11(9)15)16-7-13(17-2)3-4-18-8-13/h5-6,16H,3-4,7-8,15H2,1-2H3. The Morgan fingerprint density at radius 2 is 2.33 bits per heavy atom. The summed E-state index contributed by atoms with van der Waals surface area (Å²) in [5, 5.41) is 3.41. The summed E-state index contributed by atoms with van der Waals surface area (Å²) in [6.07, 6.45) is 0.919. The zero-order valence-corrected chi connectivity index (χ0v) is 12.3. The number of methoxy groups -OCH3 is 1. The van der Waals surface area contributed by atoms with E-state index in [-0.39, 0.29) is 5.60 Å². The van der Waals surface area contributed by atoms with E-state index in [1.54, 1.807) is 7.11 Å². The van der Waals surface area contributed by atoms with Crippen LogP contribution in [-0.4, -0.2) is 32.5 Å². The SMILES string of the molecule is COC1(CNc2cc(C)c(N)cc2Br)CCOC1. The molecular formula is C13H19BrN2O2. The molecule has 2 rings (SSSR count). The first-order valence-electron chi connectivity index (χ1n) is 5.99. The molecular weight excluding hydrogens is 296 g/mol. The van der Waals surface area contributed by atoms with E-state index in [2.05, 4.69) is 21.2 Å². The highest BCUT2D eigenvalue weighted by atomic mass is 79.9. The van der Waals surface area contributed by atoms with Crippen LogP contribution in [0.15, 0.2) is 16.6 Å². The van der Waals surface area contributed by atoms with Gasteiger partial charge in [0.15, 0.2) is 0 Å². The molecule has 0 aliphatic carbocycles. The van der Waals surface area contributed by atoms with Gasteiger partial charge in [0.2, 0.25) is 0 Å². The van der Waals surface area contributed by atoms with Gasteiger partial charge in [0.25, 0.3) is 0 Å². The zero-order valence-electron chi connectivity index (χ0n) is 10.8. The fraction of sp³-hybridized carbons (Fsp3) is 0.538. The van der Waals surface area contributed by atoms with Gasteiger partial charge in [-0.2, -0.15) is 0 Å². The molecule has 18 heavy (non-hydrogen) atoms. The maximum absolute atomic E-state index is 5.86. The number of nitrogen functional groups attached to an aromatic ring is 1. The lowest BCUT2D eigenvalue weighted by Crippen LogP contribution is -2.39. The van der Waals surface area contributed by atoms with Gasteiger partial charge < -0.3 is 20.5 Å². The minimum absolute atomic E-state index is 0.214. The second-order valence-corrected chi connectivity index (χ2v) is 5.59. The number of nitrogens with one attached hydrogen (secondary N) is 1. The molecule has 100 valence electrons. The van der Waals surface area contributed by atoms with Gasteiger partial charge in [-0.15, -0.1) is 0 Å². The third-order valence-electron chi connectivity index (χ3n) is 3.46. The van der Waals surface area contributed by atoms with Crippen molar-refractivity contribution in [3.05, 3.63) is 22.2 Å². The molecule has 1 aliphatic heterocycles. The van der Waals surface area contributed by atoms with Crippen molar-refractivity contribution in [3.8, 4) is 0 Å². The minimum atomic E-state index is -0.214. The molecule has 1 aliphatic rings. The number of aryl methyl sites for hydroxylation is 1. The average molecular weight is 315 g/mol. The maximum atomic E-state index is 5.86. The second-order valence-electron chi connectivity index (χ2n) is 4.73. The van der Waals surface area contributed by atoms with Gasteiger partial charge in [-0.1, -0.05) is 0 Å². The highest BCUT2D eigenvalue weighted by Crippen LogP contribution is 2.29. The van der Waals surface area contributed by atoms with E-state index in [1.807, 2.05) is 19.1 Å². The molecule has 0 saturated carbocycles. The van der Waals surface area contributed by atoms with Crippen molar-refractivity contribution in [2.24, 2.45) is 0 Å². The number of rotatable bonds is 4. The Bertz CT molecular complexity index is 431. The predicted octanol–water partition coefficient (Wildman–Crippen LogP) is 2.56. The monoisotopic (exact) mass is 314 g/mol. The van der Waals surface area contributed by atoms with Crippen molar-refractivity contribution in [1.82, 2.24) is 0 Å². The third kappa shape index (κ3) is 2.79. The first kappa shape index (κ1) is 13.6. The van der Waals surface area contributed by atoms with Gasteiger partial charge in [-0.05, 0) is 40.5 Å². The molecule has 0 spiro atoms. The largest absolute Gasteiger partial charge is 0.398 e. The summed E-state index contributed by atoms with van der Waals surface area (Å²) in [6, 6.07) is 3.96. The fourth-order valence-electron chi connectivity index (χ4n) is 2.05. The van der Waals surface area contributed by atoms with Crippen LogP contribution in [0.2, 0.25) is 0 Å². The Morgan fingerprint density at radius 1 is 1.56 bits per heavy atom. The molecule has 0 amide bonds. The molecule has 1 unspecified atom stereocenters. The van der Waals surface area contributed by atoms with Crippen LogP contribution in [0.3, 0.4) is 0 Å². The number of nitrogens with two attached hydrogens (primary N) is 1. The highest BCUT2D eigenvalue weighted by Gasteiger charge is 2.34. The van der Waals surface area contributed by atoms with Crippen molar-refractivity contribution < 1.29 is 9.47 Å². The van der Waals surface area contributed by atoms with Crippen molar-refractivity contribution in [1.29, 1.82) is 0 Å².